The molecule has 0 saturated carbocycles. The van der Waals surface area contributed by atoms with Gasteiger partial charge >= 0.3 is 0 Å². The number of nitriles is 1. The monoisotopic (exact) mass is 274 g/mol. The lowest BCUT2D eigenvalue weighted by Crippen LogP contribution is -1.91. The number of rotatable bonds is 2. The molecule has 0 fully saturated rings. The topological polar surface area (TPSA) is 36.7 Å². The number of allylic oxidation sites excluding steroid dienone is 1. The molecule has 0 N–H and O–H groups in total. The number of hydrogen-bond acceptors (Lipinski definition) is 2. The van der Waals surface area contributed by atoms with Gasteiger partial charge in [0.25, 0.3) is 0 Å². The molecule has 2 aromatic rings. The van der Waals surface area contributed by atoms with Gasteiger partial charge in [0.15, 0.2) is 0 Å². The van der Waals surface area contributed by atoms with Crippen LogP contribution in [-0.2, 0) is 0 Å². The number of hydrogen-bond donors (Lipinski definition) is 0. The Balaban J connectivity index is 2.53. The van der Waals surface area contributed by atoms with Gasteiger partial charge < -0.3 is 0 Å². The van der Waals surface area contributed by atoms with Gasteiger partial charge in [-0.3, -0.25) is 4.98 Å². The van der Waals surface area contributed by atoms with Crippen LogP contribution < -0.4 is 0 Å². The van der Waals surface area contributed by atoms with E-state index >= 15 is 0 Å². The Bertz CT molecular complexity index is 628. The highest BCUT2D eigenvalue weighted by Crippen LogP contribution is 2.28. The number of nitrogens with zero attached hydrogens (tertiary/aromatic N) is 2. The van der Waals surface area contributed by atoms with Crippen molar-refractivity contribution in [3.63, 3.8) is 0 Å². The number of benzene rings is 1. The van der Waals surface area contributed by atoms with Gasteiger partial charge in [-0.15, -0.1) is 0 Å². The lowest BCUT2D eigenvalue weighted by Gasteiger charge is -2.07. The van der Waals surface area contributed by atoms with E-state index in [9.17, 15) is 0 Å². The third kappa shape index (κ3) is 2.70. The fourth-order valence-corrected chi connectivity index (χ4v) is 1.85. The molecule has 0 aliphatic rings. The predicted octanol–water partition coefficient (Wildman–Crippen LogP) is 4.34. The summed E-state index contributed by atoms with van der Waals surface area (Å²) < 4.78 is 0. The van der Waals surface area contributed by atoms with Gasteiger partial charge in [0.2, 0.25) is 0 Å². The first-order valence-electron chi connectivity index (χ1n) is 5.19. The molecule has 2 nitrogen and oxygen atoms in total. The molecule has 0 bridgehead atoms. The third-order valence-corrected chi connectivity index (χ3v) is 3.12. The van der Waals surface area contributed by atoms with Crippen LogP contribution in [0.25, 0.3) is 5.57 Å². The molecule has 18 heavy (non-hydrogen) atoms. The molecule has 0 amide bonds. The number of aromatic nitrogens is 1. The quantitative estimate of drug-likeness (QED) is 0.764. The van der Waals surface area contributed by atoms with Crippen molar-refractivity contribution in [3.05, 3.63) is 70.0 Å². The second kappa shape index (κ2) is 5.68. The van der Waals surface area contributed by atoms with Crippen LogP contribution in [0.2, 0.25) is 10.0 Å². The van der Waals surface area contributed by atoms with E-state index in [1.54, 1.807) is 18.3 Å². The van der Waals surface area contributed by atoms with Crippen LogP contribution in [0.3, 0.4) is 0 Å². The third-order valence-electron chi connectivity index (χ3n) is 2.38. The largest absolute Gasteiger partial charge is 0.256 e. The van der Waals surface area contributed by atoms with E-state index in [1.807, 2.05) is 30.3 Å². The molecule has 1 aromatic carbocycles. The average Bonchev–Trinajstić information content (AvgIpc) is 2.40. The molecule has 88 valence electrons. The molecule has 0 atom stereocenters. The van der Waals surface area contributed by atoms with Gasteiger partial charge in [-0.1, -0.05) is 35.3 Å². The molecule has 4 heteroatoms. The summed E-state index contributed by atoms with van der Waals surface area (Å²) in [5.74, 6) is 0. The van der Waals surface area contributed by atoms with Crippen molar-refractivity contribution in [2.24, 2.45) is 0 Å². The molecule has 0 saturated heterocycles. The Hall–Kier alpha value is -1.82. The Morgan fingerprint density at radius 2 is 2.00 bits per heavy atom. The van der Waals surface area contributed by atoms with Crippen molar-refractivity contribution in [1.82, 2.24) is 4.98 Å². The summed E-state index contributed by atoms with van der Waals surface area (Å²) in [4.78, 5) is 4.23. The minimum absolute atomic E-state index is 0.453. The zero-order chi connectivity index (χ0) is 13.0. The van der Waals surface area contributed by atoms with Crippen molar-refractivity contribution >= 4 is 28.8 Å². The fraction of sp³-hybridized carbons (Fsp3) is 0. The van der Waals surface area contributed by atoms with Gasteiger partial charge in [-0.05, 0) is 29.8 Å². The lowest BCUT2D eigenvalue weighted by atomic mass is 10.0. The Morgan fingerprint density at radius 1 is 1.17 bits per heavy atom. The molecule has 0 spiro atoms. The lowest BCUT2D eigenvalue weighted by molar-refractivity contribution is 1.27. The summed E-state index contributed by atoms with van der Waals surface area (Å²) >= 11 is 11.9. The number of pyridine rings is 1. The maximum atomic E-state index is 8.87. The van der Waals surface area contributed by atoms with Gasteiger partial charge in [-0.25, -0.2) is 0 Å². The van der Waals surface area contributed by atoms with Gasteiger partial charge in [0.1, 0.15) is 0 Å². The first kappa shape index (κ1) is 12.6. The zero-order valence-electron chi connectivity index (χ0n) is 9.27. The molecule has 0 radical (unpaired) electrons. The summed E-state index contributed by atoms with van der Waals surface area (Å²) in [5.41, 5.74) is 2.25. The Kier molecular flexibility index (Phi) is 3.99. The van der Waals surface area contributed by atoms with E-state index < -0.39 is 0 Å². The first-order chi connectivity index (χ1) is 8.72. The Labute approximate surface area is 115 Å². The van der Waals surface area contributed by atoms with E-state index in [4.69, 9.17) is 28.5 Å². The fourth-order valence-electron chi connectivity index (χ4n) is 1.56. The van der Waals surface area contributed by atoms with Crippen LogP contribution in [0, 0.1) is 11.3 Å². The van der Waals surface area contributed by atoms with Gasteiger partial charge in [0, 0.05) is 17.8 Å². The first-order valence-corrected chi connectivity index (χ1v) is 5.94. The van der Waals surface area contributed by atoms with Crippen LogP contribution in [-0.4, -0.2) is 4.98 Å². The van der Waals surface area contributed by atoms with Crippen LogP contribution in [0.1, 0.15) is 11.3 Å². The smallest absolute Gasteiger partial charge is 0.0919 e. The summed E-state index contributed by atoms with van der Waals surface area (Å²) in [6.45, 7) is 0. The SMILES string of the molecule is N#C/C=C(\c1ccc(Cl)c(Cl)c1)c1ccccn1. The van der Waals surface area contributed by atoms with Crippen molar-refractivity contribution < 1.29 is 0 Å². The second-order valence-corrected chi connectivity index (χ2v) is 4.35. The molecular formula is C14H8Cl2N2. The normalized spacial score (nSPS) is 11.1. The maximum absolute atomic E-state index is 8.87. The van der Waals surface area contributed by atoms with Crippen LogP contribution in [0.4, 0.5) is 0 Å². The molecule has 0 unspecified atom stereocenters. The summed E-state index contributed by atoms with van der Waals surface area (Å²) in [7, 11) is 0. The summed E-state index contributed by atoms with van der Waals surface area (Å²) in [6, 6.07) is 12.8. The van der Waals surface area contributed by atoms with E-state index in [0.717, 1.165) is 16.8 Å². The molecule has 2 rings (SSSR count). The van der Waals surface area contributed by atoms with E-state index in [1.165, 1.54) is 6.08 Å². The van der Waals surface area contributed by atoms with Crippen molar-refractivity contribution in [3.8, 4) is 6.07 Å². The summed E-state index contributed by atoms with van der Waals surface area (Å²) in [5, 5.41) is 9.81. The molecule has 1 aromatic heterocycles. The van der Waals surface area contributed by atoms with Crippen molar-refractivity contribution in [1.29, 1.82) is 5.26 Å². The minimum Gasteiger partial charge on any atom is -0.256 e. The number of halogens is 2. The zero-order valence-corrected chi connectivity index (χ0v) is 10.8. The van der Waals surface area contributed by atoms with Crippen LogP contribution in [0.5, 0.6) is 0 Å². The molecule has 1 heterocycles. The Morgan fingerprint density at radius 3 is 2.61 bits per heavy atom. The average molecular weight is 275 g/mol. The second-order valence-electron chi connectivity index (χ2n) is 3.53. The highest BCUT2D eigenvalue weighted by Gasteiger charge is 2.08. The standard InChI is InChI=1S/C14H8Cl2N2/c15-12-5-4-10(9-13(12)16)11(6-7-17)14-3-1-2-8-18-14/h1-6,8-9H/b11-6+. The van der Waals surface area contributed by atoms with Crippen LogP contribution in [0.15, 0.2) is 48.7 Å². The van der Waals surface area contributed by atoms with E-state index in [2.05, 4.69) is 4.98 Å². The minimum atomic E-state index is 0.453. The van der Waals surface area contributed by atoms with E-state index in [-0.39, 0.29) is 0 Å². The maximum Gasteiger partial charge on any atom is 0.0919 e. The van der Waals surface area contributed by atoms with Gasteiger partial charge in [0.05, 0.1) is 21.8 Å². The highest BCUT2D eigenvalue weighted by molar-refractivity contribution is 6.42. The van der Waals surface area contributed by atoms with Gasteiger partial charge in [-0.2, -0.15) is 5.26 Å². The molecule has 0 aliphatic heterocycles. The van der Waals surface area contributed by atoms with Crippen molar-refractivity contribution in [2.75, 3.05) is 0 Å². The van der Waals surface area contributed by atoms with Crippen LogP contribution >= 0.6 is 23.2 Å². The molecule has 0 aliphatic carbocycles. The molecular weight excluding hydrogens is 267 g/mol. The summed E-state index contributed by atoms with van der Waals surface area (Å²) in [6.07, 6.45) is 3.12. The van der Waals surface area contributed by atoms with Crippen molar-refractivity contribution in [2.45, 2.75) is 0 Å². The predicted molar refractivity (Wildman–Crippen MR) is 73.4 cm³/mol. The highest BCUT2D eigenvalue weighted by atomic mass is 35.5. The van der Waals surface area contributed by atoms with E-state index in [0.29, 0.717) is 10.0 Å².